The number of halogens is 2. The Morgan fingerprint density at radius 3 is 2.58 bits per heavy atom. The fourth-order valence-corrected chi connectivity index (χ4v) is 2.93. The number of rotatable bonds is 2. The molecule has 0 saturated heterocycles. The lowest BCUT2D eigenvalue weighted by molar-refractivity contribution is -0.113. The minimum atomic E-state index is -0.181. The van der Waals surface area contributed by atoms with Crippen molar-refractivity contribution in [3.8, 4) is 11.1 Å². The molecule has 0 bridgehead atoms. The van der Waals surface area contributed by atoms with Crippen LogP contribution in [0, 0.1) is 0 Å². The second-order valence-corrected chi connectivity index (χ2v) is 5.71. The van der Waals surface area contributed by atoms with Crippen LogP contribution >= 0.6 is 27.5 Å². The van der Waals surface area contributed by atoms with E-state index in [1.54, 1.807) is 0 Å². The smallest absolute Gasteiger partial charge is 0.239 e. The van der Waals surface area contributed by atoms with Crippen LogP contribution in [-0.2, 0) is 11.2 Å². The van der Waals surface area contributed by atoms with Gasteiger partial charge in [-0.05, 0) is 52.9 Å². The van der Waals surface area contributed by atoms with Gasteiger partial charge in [0, 0.05) is 10.2 Å². The van der Waals surface area contributed by atoms with Gasteiger partial charge in [0.15, 0.2) is 0 Å². The molecule has 2 aromatic carbocycles. The molecule has 2 aromatic rings. The van der Waals surface area contributed by atoms with Crippen LogP contribution in [0.3, 0.4) is 0 Å². The third-order valence-electron chi connectivity index (χ3n) is 3.25. The van der Waals surface area contributed by atoms with Crippen molar-refractivity contribution in [2.45, 2.75) is 6.42 Å². The minimum absolute atomic E-state index is 0.0236. The highest BCUT2D eigenvalue weighted by atomic mass is 79.9. The summed E-state index contributed by atoms with van der Waals surface area (Å²) in [5, 5.41) is 2.78. The van der Waals surface area contributed by atoms with Gasteiger partial charge < -0.3 is 5.32 Å². The van der Waals surface area contributed by atoms with Crippen LogP contribution in [0.15, 0.2) is 40.9 Å². The van der Waals surface area contributed by atoms with Crippen LogP contribution in [0.5, 0.6) is 0 Å². The number of fused-ring (bicyclic) bond motifs is 3. The Morgan fingerprint density at radius 2 is 1.84 bits per heavy atom. The lowest BCUT2D eigenvalue weighted by Gasteiger charge is -2.06. The first-order chi connectivity index (χ1) is 9.17. The maximum atomic E-state index is 11.3. The Morgan fingerprint density at radius 1 is 1.16 bits per heavy atom. The van der Waals surface area contributed by atoms with Crippen molar-refractivity contribution in [2.24, 2.45) is 0 Å². The molecule has 0 atom stereocenters. The van der Waals surface area contributed by atoms with Gasteiger partial charge in [0.05, 0.1) is 0 Å². The summed E-state index contributed by atoms with van der Waals surface area (Å²) >= 11 is 8.99. The molecule has 3 rings (SSSR count). The predicted octanol–water partition coefficient (Wildman–Crippen LogP) is 4.20. The Hall–Kier alpha value is -1.32. The number of nitrogens with one attached hydrogen (secondary N) is 1. The molecule has 19 heavy (non-hydrogen) atoms. The number of alkyl halides is 1. The summed E-state index contributed by atoms with van der Waals surface area (Å²) in [5.74, 6) is -0.204. The van der Waals surface area contributed by atoms with Gasteiger partial charge in [-0.1, -0.05) is 28.1 Å². The average molecular weight is 337 g/mol. The lowest BCUT2D eigenvalue weighted by atomic mass is 10.1. The Bertz CT molecular complexity index is 669. The van der Waals surface area contributed by atoms with Crippen molar-refractivity contribution in [1.82, 2.24) is 0 Å². The van der Waals surface area contributed by atoms with Crippen molar-refractivity contribution in [2.75, 3.05) is 11.2 Å². The van der Waals surface area contributed by atoms with E-state index in [2.05, 4.69) is 45.5 Å². The van der Waals surface area contributed by atoms with Crippen LogP contribution in [-0.4, -0.2) is 11.8 Å². The van der Waals surface area contributed by atoms with E-state index in [1.165, 1.54) is 22.3 Å². The van der Waals surface area contributed by atoms with Crippen molar-refractivity contribution in [1.29, 1.82) is 0 Å². The van der Waals surface area contributed by atoms with E-state index in [-0.39, 0.29) is 11.8 Å². The van der Waals surface area contributed by atoms with E-state index in [0.717, 1.165) is 16.6 Å². The highest BCUT2D eigenvalue weighted by molar-refractivity contribution is 9.10. The Labute approximate surface area is 124 Å². The summed E-state index contributed by atoms with van der Waals surface area (Å²) in [6.07, 6.45) is 0.898. The second-order valence-electron chi connectivity index (χ2n) is 4.53. The number of amides is 1. The maximum absolute atomic E-state index is 11.3. The van der Waals surface area contributed by atoms with Gasteiger partial charge in [0.2, 0.25) is 5.91 Å². The van der Waals surface area contributed by atoms with Gasteiger partial charge in [-0.2, -0.15) is 0 Å². The molecule has 96 valence electrons. The number of carbonyl (C=O) groups is 1. The van der Waals surface area contributed by atoms with E-state index in [4.69, 9.17) is 11.6 Å². The molecule has 0 spiro atoms. The molecule has 0 saturated carbocycles. The summed E-state index contributed by atoms with van der Waals surface area (Å²) in [4.78, 5) is 11.3. The quantitative estimate of drug-likeness (QED) is 0.698. The average Bonchev–Trinajstić information content (AvgIpc) is 2.74. The zero-order chi connectivity index (χ0) is 13.4. The third-order valence-corrected chi connectivity index (χ3v) is 3.98. The largest absolute Gasteiger partial charge is 0.325 e. The van der Waals surface area contributed by atoms with E-state index in [1.807, 2.05) is 12.1 Å². The molecule has 0 heterocycles. The lowest BCUT2D eigenvalue weighted by Crippen LogP contribution is -2.12. The minimum Gasteiger partial charge on any atom is -0.325 e. The van der Waals surface area contributed by atoms with Crippen molar-refractivity contribution in [3.63, 3.8) is 0 Å². The zero-order valence-corrected chi connectivity index (χ0v) is 12.4. The molecular weight excluding hydrogens is 326 g/mol. The van der Waals surface area contributed by atoms with Crippen LogP contribution in [0.4, 0.5) is 5.69 Å². The van der Waals surface area contributed by atoms with Gasteiger partial charge in [0.25, 0.3) is 0 Å². The Kier molecular flexibility index (Phi) is 3.33. The SMILES string of the molecule is O=C(CCl)Nc1ccc2c(c1)Cc1cc(Br)ccc1-2. The summed E-state index contributed by atoms with van der Waals surface area (Å²) in [6.45, 7) is 0. The molecule has 1 amide bonds. The normalized spacial score (nSPS) is 11.9. The fourth-order valence-electron chi connectivity index (χ4n) is 2.45. The summed E-state index contributed by atoms with van der Waals surface area (Å²) < 4.78 is 1.09. The molecule has 1 aliphatic carbocycles. The highest BCUT2D eigenvalue weighted by Crippen LogP contribution is 2.38. The van der Waals surface area contributed by atoms with Gasteiger partial charge >= 0.3 is 0 Å². The first-order valence-electron chi connectivity index (χ1n) is 5.95. The van der Waals surface area contributed by atoms with Crippen LogP contribution < -0.4 is 5.32 Å². The second kappa shape index (κ2) is 4.99. The first-order valence-corrected chi connectivity index (χ1v) is 7.27. The number of hydrogen-bond acceptors (Lipinski definition) is 1. The van der Waals surface area contributed by atoms with Crippen LogP contribution in [0.1, 0.15) is 11.1 Å². The third kappa shape index (κ3) is 2.40. The fraction of sp³-hybridized carbons (Fsp3) is 0.133. The molecule has 2 nitrogen and oxygen atoms in total. The molecular formula is C15H11BrClNO. The number of anilines is 1. The molecule has 1 aliphatic rings. The van der Waals surface area contributed by atoms with E-state index >= 15 is 0 Å². The number of carbonyl (C=O) groups excluding carboxylic acids is 1. The molecule has 0 aliphatic heterocycles. The maximum Gasteiger partial charge on any atom is 0.239 e. The molecule has 0 radical (unpaired) electrons. The van der Waals surface area contributed by atoms with Gasteiger partial charge in [-0.15, -0.1) is 11.6 Å². The van der Waals surface area contributed by atoms with Crippen LogP contribution in [0.2, 0.25) is 0 Å². The van der Waals surface area contributed by atoms with Gasteiger partial charge in [-0.3, -0.25) is 4.79 Å². The topological polar surface area (TPSA) is 29.1 Å². The van der Waals surface area contributed by atoms with E-state index in [0.29, 0.717) is 0 Å². The van der Waals surface area contributed by atoms with E-state index in [9.17, 15) is 4.79 Å². The van der Waals surface area contributed by atoms with Gasteiger partial charge in [-0.25, -0.2) is 0 Å². The molecule has 4 heteroatoms. The van der Waals surface area contributed by atoms with Gasteiger partial charge in [0.1, 0.15) is 5.88 Å². The van der Waals surface area contributed by atoms with Crippen molar-refractivity contribution < 1.29 is 4.79 Å². The molecule has 0 aromatic heterocycles. The monoisotopic (exact) mass is 335 g/mol. The first kappa shape index (κ1) is 12.7. The van der Waals surface area contributed by atoms with E-state index < -0.39 is 0 Å². The molecule has 0 fully saturated rings. The molecule has 0 unspecified atom stereocenters. The molecule has 1 N–H and O–H groups in total. The Balaban J connectivity index is 1.96. The highest BCUT2D eigenvalue weighted by Gasteiger charge is 2.18. The van der Waals surface area contributed by atoms with Crippen molar-refractivity contribution >= 4 is 39.1 Å². The van der Waals surface area contributed by atoms with Crippen LogP contribution in [0.25, 0.3) is 11.1 Å². The predicted molar refractivity (Wildman–Crippen MR) is 81.7 cm³/mol. The number of benzene rings is 2. The summed E-state index contributed by atoms with van der Waals surface area (Å²) in [6, 6.07) is 12.3. The number of hydrogen-bond donors (Lipinski definition) is 1. The summed E-state index contributed by atoms with van der Waals surface area (Å²) in [5.41, 5.74) is 5.86. The zero-order valence-electron chi connectivity index (χ0n) is 10.0. The standard InChI is InChI=1S/C15H11BrClNO/c16-11-1-3-13-9(6-11)5-10-7-12(2-4-14(10)13)18-15(19)8-17/h1-4,6-7H,5,8H2,(H,18,19). The van der Waals surface area contributed by atoms with Crippen molar-refractivity contribution in [3.05, 3.63) is 52.0 Å². The summed E-state index contributed by atoms with van der Waals surface area (Å²) in [7, 11) is 0.